The number of hydrogen-bond donors (Lipinski definition) is 0. The first kappa shape index (κ1) is 24.5. The third kappa shape index (κ3) is 4.91. The van der Waals surface area contributed by atoms with Crippen LogP contribution in [0.25, 0.3) is 0 Å². The average molecular weight is 463 g/mol. The van der Waals surface area contributed by atoms with Crippen molar-refractivity contribution in [2.24, 2.45) is 34.5 Å². The van der Waals surface area contributed by atoms with Gasteiger partial charge in [-0.25, -0.2) is 16.8 Å². The molecule has 8 heteroatoms. The Bertz CT molecular complexity index is 855. The Balaban J connectivity index is 0.000000171. The fourth-order valence-electron chi connectivity index (χ4n) is 6.67. The molecule has 2 saturated heterocycles. The molecule has 2 saturated carbocycles. The molecule has 0 aromatic heterocycles. The van der Waals surface area contributed by atoms with Crippen LogP contribution < -0.4 is 0 Å². The van der Waals surface area contributed by atoms with Crippen molar-refractivity contribution in [1.82, 2.24) is 8.61 Å². The standard InChI is InChI=1S/2C11H21NO2S/c1-11(2,3)10-6-9-5-8(10)7-12(9)15(4,13)14;1-11(2,3)9-5-8-6-10(9)12(7-8)15(4,13)14/h2*8-10H,5-7H2,1-4H3. The fraction of sp³-hybridized carbons (Fsp3) is 1.00. The van der Waals surface area contributed by atoms with Gasteiger partial charge in [0.05, 0.1) is 12.5 Å². The maximum absolute atomic E-state index is 11.6. The summed E-state index contributed by atoms with van der Waals surface area (Å²) in [6.07, 6.45) is 7.10. The van der Waals surface area contributed by atoms with Crippen molar-refractivity contribution in [2.45, 2.75) is 79.3 Å². The maximum Gasteiger partial charge on any atom is 0.211 e. The summed E-state index contributed by atoms with van der Waals surface area (Å²) in [5.74, 6) is 2.42. The van der Waals surface area contributed by atoms with E-state index in [9.17, 15) is 16.8 Å². The number of piperidine rings is 2. The Labute approximate surface area is 184 Å². The van der Waals surface area contributed by atoms with E-state index in [1.165, 1.54) is 18.9 Å². The van der Waals surface area contributed by atoms with E-state index in [2.05, 4.69) is 41.5 Å². The minimum atomic E-state index is -2.99. The molecule has 4 bridgehead atoms. The second-order valence-electron chi connectivity index (χ2n) is 12.4. The van der Waals surface area contributed by atoms with Gasteiger partial charge in [0.1, 0.15) is 0 Å². The van der Waals surface area contributed by atoms with Crippen LogP contribution in [0.5, 0.6) is 0 Å². The second kappa shape index (κ2) is 7.70. The maximum atomic E-state index is 11.6. The van der Waals surface area contributed by atoms with E-state index in [1.54, 1.807) is 8.61 Å². The van der Waals surface area contributed by atoms with Crippen molar-refractivity contribution < 1.29 is 16.8 Å². The van der Waals surface area contributed by atoms with E-state index in [0.717, 1.165) is 32.4 Å². The predicted octanol–water partition coefficient (Wildman–Crippen LogP) is 3.41. The van der Waals surface area contributed by atoms with Crippen LogP contribution in [0.1, 0.15) is 67.2 Å². The van der Waals surface area contributed by atoms with E-state index in [0.29, 0.717) is 29.1 Å². The Morgan fingerprint density at radius 2 is 1.20 bits per heavy atom. The van der Waals surface area contributed by atoms with E-state index in [1.807, 2.05) is 0 Å². The SMILES string of the molecule is CC(C)(C)C1CC2CC1CN2S(C)(=O)=O.CC(C)(C)C1CC2CC1N(S(C)(=O)=O)C2. The van der Waals surface area contributed by atoms with Gasteiger partial charge in [0.15, 0.2) is 0 Å². The lowest BCUT2D eigenvalue weighted by Gasteiger charge is -2.39. The first-order chi connectivity index (χ1) is 13.4. The highest BCUT2D eigenvalue weighted by molar-refractivity contribution is 7.88. The number of fused-ring (bicyclic) bond motifs is 4. The number of sulfonamides is 2. The first-order valence-corrected chi connectivity index (χ1v) is 15.0. The largest absolute Gasteiger partial charge is 0.212 e. The second-order valence-corrected chi connectivity index (χ2v) is 16.3. The molecule has 176 valence electrons. The smallest absolute Gasteiger partial charge is 0.211 e. The molecule has 0 aromatic carbocycles. The van der Waals surface area contributed by atoms with Crippen LogP contribution in [-0.4, -0.2) is 63.1 Å². The van der Waals surface area contributed by atoms with Gasteiger partial charge in [-0.05, 0) is 60.2 Å². The molecule has 0 amide bonds. The zero-order valence-electron chi connectivity index (χ0n) is 20.1. The average Bonchev–Trinajstić information content (AvgIpc) is 3.30. The van der Waals surface area contributed by atoms with Crippen molar-refractivity contribution in [1.29, 1.82) is 0 Å². The first-order valence-electron chi connectivity index (χ1n) is 11.3. The third-order valence-corrected chi connectivity index (χ3v) is 10.6. The molecule has 2 aliphatic heterocycles. The molecule has 0 spiro atoms. The minimum absolute atomic E-state index is 0.225. The number of nitrogens with zero attached hydrogens (tertiary/aromatic N) is 2. The van der Waals surface area contributed by atoms with Crippen molar-refractivity contribution in [3.05, 3.63) is 0 Å². The van der Waals surface area contributed by atoms with E-state index in [4.69, 9.17) is 0 Å². The van der Waals surface area contributed by atoms with Crippen LogP contribution in [0.2, 0.25) is 0 Å². The van der Waals surface area contributed by atoms with Crippen molar-refractivity contribution in [2.75, 3.05) is 25.6 Å². The van der Waals surface area contributed by atoms with Gasteiger partial charge in [0, 0.05) is 25.2 Å². The Morgan fingerprint density at radius 3 is 1.57 bits per heavy atom. The molecule has 4 aliphatic rings. The van der Waals surface area contributed by atoms with Crippen molar-refractivity contribution >= 4 is 20.0 Å². The summed E-state index contributed by atoms with van der Waals surface area (Å²) < 4.78 is 49.7. The summed E-state index contributed by atoms with van der Waals surface area (Å²) in [5.41, 5.74) is 0.547. The zero-order valence-corrected chi connectivity index (χ0v) is 21.7. The highest BCUT2D eigenvalue weighted by Crippen LogP contribution is 2.51. The lowest BCUT2D eigenvalue weighted by atomic mass is 9.74. The van der Waals surface area contributed by atoms with E-state index >= 15 is 0 Å². The predicted molar refractivity (Wildman–Crippen MR) is 122 cm³/mol. The lowest BCUT2D eigenvalue weighted by molar-refractivity contribution is 0.136. The molecule has 0 radical (unpaired) electrons. The molecule has 2 heterocycles. The number of hydrogen-bond acceptors (Lipinski definition) is 4. The lowest BCUT2D eigenvalue weighted by Crippen LogP contribution is -2.45. The van der Waals surface area contributed by atoms with Gasteiger partial charge in [-0.3, -0.25) is 0 Å². The van der Waals surface area contributed by atoms with Gasteiger partial charge in [0.25, 0.3) is 0 Å². The number of rotatable bonds is 2. The Morgan fingerprint density at radius 1 is 0.667 bits per heavy atom. The van der Waals surface area contributed by atoms with Gasteiger partial charge in [-0.2, -0.15) is 8.61 Å². The monoisotopic (exact) mass is 462 g/mol. The van der Waals surface area contributed by atoms with Gasteiger partial charge in [-0.15, -0.1) is 0 Å². The normalized spacial score (nSPS) is 37.5. The molecule has 6 unspecified atom stereocenters. The summed E-state index contributed by atoms with van der Waals surface area (Å²) >= 11 is 0. The molecule has 0 N–H and O–H groups in total. The molecular weight excluding hydrogens is 420 g/mol. The summed E-state index contributed by atoms with van der Waals surface area (Å²) in [5, 5.41) is 0. The highest BCUT2D eigenvalue weighted by Gasteiger charge is 2.52. The molecule has 4 rings (SSSR count). The summed E-state index contributed by atoms with van der Waals surface area (Å²) in [6.45, 7) is 15.0. The van der Waals surface area contributed by atoms with Gasteiger partial charge >= 0.3 is 0 Å². The van der Waals surface area contributed by atoms with Crippen LogP contribution in [0, 0.1) is 34.5 Å². The topological polar surface area (TPSA) is 74.8 Å². The van der Waals surface area contributed by atoms with Gasteiger partial charge in [-0.1, -0.05) is 41.5 Å². The van der Waals surface area contributed by atoms with Gasteiger partial charge < -0.3 is 0 Å². The minimum Gasteiger partial charge on any atom is -0.212 e. The summed E-state index contributed by atoms with van der Waals surface area (Å²) in [4.78, 5) is 0. The molecule has 30 heavy (non-hydrogen) atoms. The molecule has 4 fully saturated rings. The van der Waals surface area contributed by atoms with Crippen LogP contribution in [0.4, 0.5) is 0 Å². The molecule has 2 aliphatic carbocycles. The van der Waals surface area contributed by atoms with Crippen LogP contribution in [-0.2, 0) is 20.0 Å². The zero-order chi connectivity index (χ0) is 22.9. The van der Waals surface area contributed by atoms with E-state index in [-0.39, 0.29) is 17.5 Å². The van der Waals surface area contributed by atoms with Gasteiger partial charge in [0.2, 0.25) is 20.0 Å². The molecule has 6 atom stereocenters. The van der Waals surface area contributed by atoms with Crippen LogP contribution in [0.15, 0.2) is 0 Å². The Kier molecular flexibility index (Phi) is 6.28. The fourth-order valence-corrected chi connectivity index (χ4v) is 9.05. The summed E-state index contributed by atoms with van der Waals surface area (Å²) in [6, 6.07) is 0.555. The Hall–Kier alpha value is -0.180. The van der Waals surface area contributed by atoms with Crippen LogP contribution in [0.3, 0.4) is 0 Å². The quantitative estimate of drug-likeness (QED) is 0.630. The molecular formula is C22H42N2O4S2. The van der Waals surface area contributed by atoms with Crippen molar-refractivity contribution in [3.8, 4) is 0 Å². The third-order valence-electron chi connectivity index (χ3n) is 8.00. The van der Waals surface area contributed by atoms with Crippen molar-refractivity contribution in [3.63, 3.8) is 0 Å². The van der Waals surface area contributed by atoms with Crippen LogP contribution >= 0.6 is 0 Å². The van der Waals surface area contributed by atoms with E-state index < -0.39 is 20.0 Å². The summed E-state index contributed by atoms with van der Waals surface area (Å²) in [7, 11) is -5.96. The molecule has 6 nitrogen and oxygen atoms in total. The molecule has 0 aromatic rings. The highest BCUT2D eigenvalue weighted by atomic mass is 32.2.